The van der Waals surface area contributed by atoms with Crippen molar-refractivity contribution in [1.29, 1.82) is 0 Å². The number of hydrogen-bond acceptors (Lipinski definition) is 8. The molecule has 0 spiro atoms. The second-order valence-electron chi connectivity index (χ2n) is 6.45. The van der Waals surface area contributed by atoms with Gasteiger partial charge in [-0.05, 0) is 12.8 Å². The number of rotatable bonds is 18. The minimum atomic E-state index is -4.32. The summed E-state index contributed by atoms with van der Waals surface area (Å²) in [5, 5.41) is 0. The van der Waals surface area contributed by atoms with Gasteiger partial charge in [0.05, 0.1) is 13.2 Å². The lowest BCUT2D eigenvalue weighted by Gasteiger charge is -2.19. The highest BCUT2D eigenvalue weighted by Crippen LogP contribution is 2.43. The van der Waals surface area contributed by atoms with Gasteiger partial charge in [-0.1, -0.05) is 46.0 Å². The third-order valence-corrected chi connectivity index (χ3v) is 4.73. The minimum Gasteiger partial charge on any atom is -0.462 e. The Morgan fingerprint density at radius 1 is 0.929 bits per heavy atom. The van der Waals surface area contributed by atoms with Gasteiger partial charge in [0.1, 0.15) is 6.61 Å². The van der Waals surface area contributed by atoms with Gasteiger partial charge < -0.3 is 20.1 Å². The maximum absolute atomic E-state index is 11.8. The fourth-order valence-corrected chi connectivity index (χ4v) is 2.96. The van der Waals surface area contributed by atoms with Crippen molar-refractivity contribution < 1.29 is 37.6 Å². The number of ether oxygens (including phenoxy) is 2. The molecule has 0 bridgehead atoms. The highest BCUT2D eigenvalue weighted by molar-refractivity contribution is 7.47. The molecule has 0 aliphatic heterocycles. The van der Waals surface area contributed by atoms with Crippen molar-refractivity contribution in [3.8, 4) is 0 Å². The Hall–Kier alpha value is -0.990. The Labute approximate surface area is 167 Å². The first-order valence-corrected chi connectivity index (χ1v) is 11.5. The molecular weight excluding hydrogens is 389 g/mol. The molecule has 0 saturated heterocycles. The molecule has 3 N–H and O–H groups in total. The van der Waals surface area contributed by atoms with Gasteiger partial charge in [-0.2, -0.15) is 0 Å². The molecule has 0 aromatic rings. The molecule has 0 aliphatic rings. The zero-order valence-corrected chi connectivity index (χ0v) is 18.0. The second kappa shape index (κ2) is 16.9. The zero-order valence-electron chi connectivity index (χ0n) is 17.1. The van der Waals surface area contributed by atoms with Crippen LogP contribution in [0.15, 0.2) is 0 Å². The molecule has 0 rings (SSSR count). The van der Waals surface area contributed by atoms with E-state index in [-0.39, 0.29) is 32.6 Å². The van der Waals surface area contributed by atoms with Crippen LogP contribution < -0.4 is 5.73 Å². The van der Waals surface area contributed by atoms with Crippen molar-refractivity contribution in [2.24, 2.45) is 5.73 Å². The molecule has 9 nitrogen and oxygen atoms in total. The third-order valence-electron chi connectivity index (χ3n) is 3.74. The first-order chi connectivity index (χ1) is 13.3. The first kappa shape index (κ1) is 27.0. The number of nitrogens with two attached hydrogens (primary N) is 1. The lowest BCUT2D eigenvalue weighted by atomic mass is 10.1. The molecule has 0 aromatic heterocycles. The Balaban J connectivity index is 4.44. The van der Waals surface area contributed by atoms with Crippen LogP contribution in [-0.4, -0.2) is 49.3 Å². The summed E-state index contributed by atoms with van der Waals surface area (Å²) in [6.07, 6.45) is 5.99. The van der Waals surface area contributed by atoms with Crippen LogP contribution in [-0.2, 0) is 32.7 Å². The Morgan fingerprint density at radius 2 is 1.57 bits per heavy atom. The fraction of sp³-hybridized carbons (Fsp3) is 0.889. The summed E-state index contributed by atoms with van der Waals surface area (Å²) >= 11 is 0. The SMILES string of the molecule is CCCCCCCC(=O)OC[C@H](COP(=O)(O)OCCN)OC(=O)CCCC. The second-order valence-corrected chi connectivity index (χ2v) is 7.90. The molecule has 0 heterocycles. The molecule has 0 fully saturated rings. The molecule has 1 unspecified atom stereocenters. The highest BCUT2D eigenvalue weighted by Gasteiger charge is 2.25. The number of carbonyl (C=O) groups is 2. The van der Waals surface area contributed by atoms with E-state index in [0.29, 0.717) is 6.42 Å². The predicted octanol–water partition coefficient (Wildman–Crippen LogP) is 3.08. The van der Waals surface area contributed by atoms with Crippen molar-refractivity contribution in [3.05, 3.63) is 0 Å². The van der Waals surface area contributed by atoms with E-state index in [1.165, 1.54) is 0 Å². The summed E-state index contributed by atoms with van der Waals surface area (Å²) in [5.74, 6) is -0.889. The number of phosphoric acid groups is 1. The van der Waals surface area contributed by atoms with Crippen molar-refractivity contribution in [2.45, 2.75) is 77.7 Å². The number of phosphoric ester groups is 1. The Morgan fingerprint density at radius 3 is 2.21 bits per heavy atom. The van der Waals surface area contributed by atoms with Crippen LogP contribution in [0, 0.1) is 0 Å². The minimum absolute atomic E-state index is 0.0548. The molecule has 28 heavy (non-hydrogen) atoms. The highest BCUT2D eigenvalue weighted by atomic mass is 31.2. The standard InChI is InChI=1S/C18H36NO8P/c1-3-5-7-8-9-11-17(20)24-14-16(27-18(21)10-6-4-2)15-26-28(22,23)25-13-12-19/h16H,3-15,19H2,1-2H3,(H,22,23)/t16-/m1/s1. The topological polar surface area (TPSA) is 134 Å². The normalized spacial score (nSPS) is 14.3. The lowest BCUT2D eigenvalue weighted by molar-refractivity contribution is -0.161. The van der Waals surface area contributed by atoms with E-state index >= 15 is 0 Å². The molecule has 0 saturated carbocycles. The van der Waals surface area contributed by atoms with Gasteiger partial charge >= 0.3 is 19.8 Å². The summed E-state index contributed by atoms with van der Waals surface area (Å²) in [7, 11) is -4.32. The van der Waals surface area contributed by atoms with E-state index in [1.54, 1.807) is 0 Å². The van der Waals surface area contributed by atoms with Crippen molar-refractivity contribution >= 4 is 19.8 Å². The van der Waals surface area contributed by atoms with Gasteiger partial charge in [-0.3, -0.25) is 18.6 Å². The van der Waals surface area contributed by atoms with Crippen molar-refractivity contribution in [3.63, 3.8) is 0 Å². The predicted molar refractivity (Wildman–Crippen MR) is 105 cm³/mol. The van der Waals surface area contributed by atoms with Gasteiger partial charge in [-0.15, -0.1) is 0 Å². The molecule has 0 amide bonds. The van der Waals surface area contributed by atoms with Gasteiger partial charge in [0.2, 0.25) is 0 Å². The molecule has 10 heteroatoms. The maximum Gasteiger partial charge on any atom is 0.472 e. The maximum atomic E-state index is 11.8. The fourth-order valence-electron chi connectivity index (χ4n) is 2.20. The summed E-state index contributed by atoms with van der Waals surface area (Å²) in [6.45, 7) is 3.28. The van der Waals surface area contributed by atoms with Gasteiger partial charge in [0.25, 0.3) is 0 Å². The average Bonchev–Trinajstić information content (AvgIpc) is 2.66. The van der Waals surface area contributed by atoms with E-state index in [2.05, 4.69) is 11.4 Å². The molecular formula is C18H36NO8P. The largest absolute Gasteiger partial charge is 0.472 e. The summed E-state index contributed by atoms with van der Waals surface area (Å²) in [6, 6.07) is 0. The summed E-state index contributed by atoms with van der Waals surface area (Å²) < 4.78 is 31.5. The Kier molecular flexibility index (Phi) is 16.3. The van der Waals surface area contributed by atoms with E-state index in [1.807, 2.05) is 6.92 Å². The van der Waals surface area contributed by atoms with Gasteiger partial charge in [-0.25, -0.2) is 4.57 Å². The number of unbranched alkanes of at least 4 members (excludes halogenated alkanes) is 5. The van der Waals surface area contributed by atoms with E-state index in [0.717, 1.165) is 38.5 Å². The number of carbonyl (C=O) groups excluding carboxylic acids is 2. The lowest BCUT2D eigenvalue weighted by Crippen LogP contribution is -2.29. The van der Waals surface area contributed by atoms with Crippen LogP contribution in [0.4, 0.5) is 0 Å². The monoisotopic (exact) mass is 425 g/mol. The first-order valence-electron chi connectivity index (χ1n) is 10.0. The van der Waals surface area contributed by atoms with Gasteiger partial charge in [0, 0.05) is 19.4 Å². The van der Waals surface area contributed by atoms with E-state index in [4.69, 9.17) is 19.7 Å². The van der Waals surface area contributed by atoms with E-state index in [9.17, 15) is 19.0 Å². The molecule has 0 aliphatic carbocycles. The summed E-state index contributed by atoms with van der Waals surface area (Å²) in [5.41, 5.74) is 5.21. The van der Waals surface area contributed by atoms with E-state index < -0.39 is 32.5 Å². The molecule has 166 valence electrons. The molecule has 0 radical (unpaired) electrons. The van der Waals surface area contributed by atoms with Crippen LogP contribution in [0.25, 0.3) is 0 Å². The zero-order chi connectivity index (χ0) is 21.3. The van der Waals surface area contributed by atoms with Crippen molar-refractivity contribution in [2.75, 3.05) is 26.4 Å². The van der Waals surface area contributed by atoms with Crippen LogP contribution >= 0.6 is 7.82 Å². The van der Waals surface area contributed by atoms with Crippen LogP contribution in [0.3, 0.4) is 0 Å². The number of esters is 2. The quantitative estimate of drug-likeness (QED) is 0.193. The smallest absolute Gasteiger partial charge is 0.462 e. The van der Waals surface area contributed by atoms with Crippen LogP contribution in [0.1, 0.15) is 71.6 Å². The molecule has 0 aromatic carbocycles. The van der Waals surface area contributed by atoms with Crippen LogP contribution in [0.5, 0.6) is 0 Å². The van der Waals surface area contributed by atoms with Gasteiger partial charge in [0.15, 0.2) is 6.10 Å². The average molecular weight is 425 g/mol. The van der Waals surface area contributed by atoms with Crippen molar-refractivity contribution in [1.82, 2.24) is 0 Å². The Bertz CT molecular complexity index is 475. The third kappa shape index (κ3) is 16.0. The van der Waals surface area contributed by atoms with Crippen LogP contribution in [0.2, 0.25) is 0 Å². The number of hydrogen-bond donors (Lipinski definition) is 2. The molecule has 2 atom stereocenters. The summed E-state index contributed by atoms with van der Waals surface area (Å²) in [4.78, 5) is 33.2.